The fraction of sp³-hybridized carbons (Fsp3) is 0.292. The molecule has 0 saturated carbocycles. The van der Waals surface area contributed by atoms with Crippen LogP contribution in [0.4, 0.5) is 4.39 Å². The summed E-state index contributed by atoms with van der Waals surface area (Å²) in [5.41, 5.74) is 0.871. The molecule has 0 radical (unpaired) electrons. The normalized spacial score (nSPS) is 15.6. The van der Waals surface area contributed by atoms with Gasteiger partial charge in [-0.1, -0.05) is 30.3 Å². The van der Waals surface area contributed by atoms with Gasteiger partial charge in [0, 0.05) is 13.1 Å². The quantitative estimate of drug-likeness (QED) is 0.521. The number of carbonyl (C=O) groups is 1. The Hall–Kier alpha value is -2.97. The van der Waals surface area contributed by atoms with Crippen LogP contribution in [0.25, 0.3) is 10.8 Å². The molecule has 1 heterocycles. The van der Waals surface area contributed by atoms with Crippen LogP contribution in [0.1, 0.15) is 18.4 Å². The summed E-state index contributed by atoms with van der Waals surface area (Å²) in [6.45, 7) is 0.441. The molecule has 3 aromatic rings. The Bertz CT molecular complexity index is 1240. The van der Waals surface area contributed by atoms with Crippen molar-refractivity contribution in [1.29, 1.82) is 0 Å². The minimum atomic E-state index is -3.93. The van der Waals surface area contributed by atoms with Crippen LogP contribution >= 0.6 is 0 Å². The number of ether oxygens (including phenoxy) is 2. The number of nitrogens with zero attached hydrogens (tertiary/aromatic N) is 1. The summed E-state index contributed by atoms with van der Waals surface area (Å²) < 4.78 is 51.3. The fourth-order valence-electron chi connectivity index (χ4n) is 3.89. The summed E-state index contributed by atoms with van der Waals surface area (Å²) in [6, 6.07) is 16.9. The lowest BCUT2D eigenvalue weighted by molar-refractivity contribution is -0.151. The summed E-state index contributed by atoms with van der Waals surface area (Å²) in [6.07, 6.45) is 0.675. The number of fused-ring (bicyclic) bond motifs is 1. The van der Waals surface area contributed by atoms with E-state index < -0.39 is 15.8 Å². The minimum absolute atomic E-state index is 0.147. The first kappa shape index (κ1) is 22.2. The van der Waals surface area contributed by atoms with Gasteiger partial charge < -0.3 is 9.47 Å². The Morgan fingerprint density at radius 1 is 1.03 bits per heavy atom. The number of esters is 1. The molecule has 1 fully saturated rings. The van der Waals surface area contributed by atoms with E-state index in [1.807, 2.05) is 36.4 Å². The number of piperidine rings is 1. The zero-order valence-electron chi connectivity index (χ0n) is 17.7. The van der Waals surface area contributed by atoms with Crippen LogP contribution in [0.15, 0.2) is 65.6 Å². The van der Waals surface area contributed by atoms with Crippen molar-refractivity contribution in [2.24, 2.45) is 5.92 Å². The second kappa shape index (κ2) is 9.26. The Morgan fingerprint density at radius 2 is 1.72 bits per heavy atom. The van der Waals surface area contributed by atoms with E-state index in [9.17, 15) is 17.6 Å². The third kappa shape index (κ3) is 4.61. The van der Waals surface area contributed by atoms with Crippen molar-refractivity contribution >= 4 is 26.8 Å². The summed E-state index contributed by atoms with van der Waals surface area (Å²) in [5, 5.41) is 2.05. The Balaban J connectivity index is 1.34. The number of hydrogen-bond donors (Lipinski definition) is 0. The first-order chi connectivity index (χ1) is 15.4. The van der Waals surface area contributed by atoms with Gasteiger partial charge in [0.1, 0.15) is 23.1 Å². The maximum Gasteiger partial charge on any atom is 0.309 e. The number of sulfonamides is 1. The first-order valence-corrected chi connectivity index (χ1v) is 11.8. The van der Waals surface area contributed by atoms with E-state index in [-0.39, 0.29) is 36.5 Å². The maximum atomic E-state index is 14.0. The number of carbonyl (C=O) groups excluding carboxylic acids is 1. The molecule has 168 valence electrons. The number of halogens is 1. The molecule has 0 aromatic heterocycles. The van der Waals surface area contributed by atoms with Crippen molar-refractivity contribution in [2.45, 2.75) is 24.3 Å². The zero-order valence-corrected chi connectivity index (χ0v) is 18.5. The van der Waals surface area contributed by atoms with Crippen LogP contribution < -0.4 is 4.74 Å². The van der Waals surface area contributed by atoms with Crippen LogP contribution in [0.3, 0.4) is 0 Å². The highest BCUT2D eigenvalue weighted by Gasteiger charge is 2.34. The maximum absolute atomic E-state index is 14.0. The monoisotopic (exact) mass is 457 g/mol. The number of benzene rings is 3. The van der Waals surface area contributed by atoms with Crippen molar-refractivity contribution < 1.29 is 27.1 Å². The van der Waals surface area contributed by atoms with Gasteiger partial charge in [-0.05, 0) is 59.5 Å². The van der Waals surface area contributed by atoms with Gasteiger partial charge in [0.05, 0.1) is 13.0 Å². The van der Waals surface area contributed by atoms with Crippen molar-refractivity contribution in [3.8, 4) is 5.75 Å². The molecule has 6 nitrogen and oxygen atoms in total. The molecule has 0 bridgehead atoms. The van der Waals surface area contributed by atoms with Crippen molar-refractivity contribution in [3.63, 3.8) is 0 Å². The van der Waals surface area contributed by atoms with E-state index in [0.29, 0.717) is 12.8 Å². The van der Waals surface area contributed by atoms with Crippen LogP contribution in [0, 0.1) is 11.7 Å². The Kier molecular flexibility index (Phi) is 6.43. The standard InChI is InChI=1S/C24H24FNO5S/c1-30-21-9-8-19-14-17(6-7-20(19)15-21)16-31-24(27)18-10-12-26(13-11-18)32(28,29)23-5-3-2-4-22(23)25/h2-9,14-15,18H,10-13,16H2,1H3. The minimum Gasteiger partial charge on any atom is -0.497 e. The molecule has 3 aromatic carbocycles. The summed E-state index contributed by atoms with van der Waals surface area (Å²) in [7, 11) is -2.31. The van der Waals surface area contributed by atoms with Crippen molar-refractivity contribution in [3.05, 3.63) is 72.0 Å². The highest BCUT2D eigenvalue weighted by Crippen LogP contribution is 2.27. The molecule has 1 aliphatic heterocycles. The van der Waals surface area contributed by atoms with Gasteiger partial charge in [0.15, 0.2) is 0 Å². The van der Waals surface area contributed by atoms with E-state index in [2.05, 4.69) is 0 Å². The fourth-order valence-corrected chi connectivity index (χ4v) is 5.42. The highest BCUT2D eigenvalue weighted by molar-refractivity contribution is 7.89. The van der Waals surface area contributed by atoms with E-state index in [1.54, 1.807) is 7.11 Å². The average molecular weight is 458 g/mol. The molecule has 1 saturated heterocycles. The highest BCUT2D eigenvalue weighted by atomic mass is 32.2. The van der Waals surface area contributed by atoms with Gasteiger partial charge in [0.25, 0.3) is 0 Å². The SMILES string of the molecule is COc1ccc2cc(COC(=O)C3CCN(S(=O)(=O)c4ccccc4F)CC3)ccc2c1. The van der Waals surface area contributed by atoms with Gasteiger partial charge >= 0.3 is 5.97 Å². The molecule has 0 unspecified atom stereocenters. The molecule has 0 atom stereocenters. The molecule has 0 aliphatic carbocycles. The number of hydrogen-bond acceptors (Lipinski definition) is 5. The average Bonchev–Trinajstić information content (AvgIpc) is 2.82. The zero-order chi connectivity index (χ0) is 22.7. The number of methoxy groups -OCH3 is 1. The van der Waals surface area contributed by atoms with Crippen LogP contribution in [-0.2, 0) is 26.2 Å². The molecule has 8 heteroatoms. The third-order valence-corrected chi connectivity index (χ3v) is 7.67. The lowest BCUT2D eigenvalue weighted by Gasteiger charge is -2.30. The molecule has 4 rings (SSSR count). The van der Waals surface area contributed by atoms with E-state index >= 15 is 0 Å². The predicted molar refractivity (Wildman–Crippen MR) is 118 cm³/mol. The smallest absolute Gasteiger partial charge is 0.309 e. The van der Waals surface area contributed by atoms with Gasteiger partial charge in [-0.2, -0.15) is 4.31 Å². The molecular weight excluding hydrogens is 433 g/mol. The summed E-state index contributed by atoms with van der Waals surface area (Å²) in [4.78, 5) is 12.2. The van der Waals surface area contributed by atoms with Gasteiger partial charge in [-0.15, -0.1) is 0 Å². The molecule has 0 N–H and O–H groups in total. The second-order valence-corrected chi connectivity index (χ2v) is 9.67. The van der Waals surface area contributed by atoms with Crippen LogP contribution in [-0.4, -0.2) is 38.9 Å². The Labute approximate surface area is 186 Å². The molecular formula is C24H24FNO5S. The van der Waals surface area contributed by atoms with Crippen molar-refractivity contribution in [2.75, 3.05) is 20.2 Å². The lowest BCUT2D eigenvalue weighted by atomic mass is 9.98. The second-order valence-electron chi connectivity index (χ2n) is 7.76. The molecule has 0 amide bonds. The molecule has 1 aliphatic rings. The van der Waals surface area contributed by atoms with E-state index in [0.717, 1.165) is 28.2 Å². The van der Waals surface area contributed by atoms with Crippen LogP contribution in [0.2, 0.25) is 0 Å². The number of rotatable bonds is 6. The third-order valence-electron chi connectivity index (χ3n) is 5.73. The summed E-state index contributed by atoms with van der Waals surface area (Å²) in [5.74, 6) is -0.725. The summed E-state index contributed by atoms with van der Waals surface area (Å²) >= 11 is 0. The van der Waals surface area contributed by atoms with E-state index in [1.165, 1.54) is 22.5 Å². The predicted octanol–water partition coefficient (Wildman–Crippen LogP) is 4.13. The molecule has 0 spiro atoms. The van der Waals surface area contributed by atoms with Gasteiger partial charge in [0.2, 0.25) is 10.0 Å². The first-order valence-electron chi connectivity index (χ1n) is 10.4. The van der Waals surface area contributed by atoms with Crippen LogP contribution in [0.5, 0.6) is 5.75 Å². The van der Waals surface area contributed by atoms with E-state index in [4.69, 9.17) is 9.47 Å². The lowest BCUT2D eigenvalue weighted by Crippen LogP contribution is -2.40. The van der Waals surface area contributed by atoms with Gasteiger partial charge in [-0.25, -0.2) is 12.8 Å². The topological polar surface area (TPSA) is 72.9 Å². The van der Waals surface area contributed by atoms with Gasteiger partial charge in [-0.3, -0.25) is 4.79 Å². The van der Waals surface area contributed by atoms with Crippen molar-refractivity contribution in [1.82, 2.24) is 4.31 Å². The Morgan fingerprint density at radius 3 is 2.44 bits per heavy atom. The molecule has 32 heavy (non-hydrogen) atoms. The largest absolute Gasteiger partial charge is 0.497 e.